The number of anilines is 1. The van der Waals surface area contributed by atoms with Gasteiger partial charge in [-0.2, -0.15) is 0 Å². The summed E-state index contributed by atoms with van der Waals surface area (Å²) in [7, 11) is 3.64. The predicted octanol–water partition coefficient (Wildman–Crippen LogP) is 2.33. The van der Waals surface area contributed by atoms with Gasteiger partial charge in [-0.3, -0.25) is 4.79 Å². The second kappa shape index (κ2) is 7.09. The van der Waals surface area contributed by atoms with E-state index in [1.165, 1.54) is 0 Å². The highest BCUT2D eigenvalue weighted by Crippen LogP contribution is 2.20. The van der Waals surface area contributed by atoms with E-state index in [1.54, 1.807) is 19.2 Å². The van der Waals surface area contributed by atoms with E-state index in [0.717, 1.165) is 32.5 Å². The summed E-state index contributed by atoms with van der Waals surface area (Å²) >= 11 is 5.97. The summed E-state index contributed by atoms with van der Waals surface area (Å²) in [6.45, 7) is 5.36. The van der Waals surface area contributed by atoms with Gasteiger partial charge in [0.15, 0.2) is 0 Å². The van der Waals surface area contributed by atoms with Crippen LogP contribution in [0.5, 0.6) is 0 Å². The van der Waals surface area contributed by atoms with Gasteiger partial charge in [0, 0.05) is 38.8 Å². The molecule has 21 heavy (non-hydrogen) atoms. The lowest BCUT2D eigenvalue weighted by atomic mass is 10.0. The van der Waals surface area contributed by atoms with Gasteiger partial charge in [0.2, 0.25) is 0 Å². The SMILES string of the molecule is CCN1CCC(N(C)C(=O)c2cc(Cl)nc(NC)c2)CC1. The predicted molar refractivity (Wildman–Crippen MR) is 86.0 cm³/mol. The maximum Gasteiger partial charge on any atom is 0.254 e. The minimum absolute atomic E-state index is 0.00532. The molecule has 1 fully saturated rings. The summed E-state index contributed by atoms with van der Waals surface area (Å²) < 4.78 is 0. The van der Waals surface area contributed by atoms with E-state index in [1.807, 2.05) is 11.9 Å². The Bertz CT molecular complexity index is 500. The standard InChI is InChI=1S/C15H23ClN4O/c1-4-20-7-5-12(6-8-20)19(3)15(21)11-9-13(16)18-14(10-11)17-2/h9-10,12H,4-8H2,1-3H3,(H,17,18). The summed E-state index contributed by atoms with van der Waals surface area (Å²) in [5.74, 6) is 0.616. The Hall–Kier alpha value is -1.33. The molecule has 1 aliphatic rings. The Kier molecular flexibility index (Phi) is 5.42. The fourth-order valence-electron chi connectivity index (χ4n) is 2.74. The first-order valence-corrected chi connectivity index (χ1v) is 7.77. The van der Waals surface area contributed by atoms with Crippen LogP contribution in [-0.2, 0) is 0 Å². The van der Waals surface area contributed by atoms with E-state index >= 15 is 0 Å². The molecule has 0 atom stereocenters. The molecule has 1 amide bonds. The van der Waals surface area contributed by atoms with Crippen LogP contribution in [0.1, 0.15) is 30.1 Å². The van der Waals surface area contributed by atoms with Crippen molar-refractivity contribution < 1.29 is 4.79 Å². The quantitative estimate of drug-likeness (QED) is 0.867. The first kappa shape index (κ1) is 16.0. The minimum Gasteiger partial charge on any atom is -0.373 e. The average Bonchev–Trinajstić information content (AvgIpc) is 2.52. The minimum atomic E-state index is 0.00532. The number of carbonyl (C=O) groups excluding carboxylic acids is 1. The maximum absolute atomic E-state index is 12.6. The van der Waals surface area contributed by atoms with Gasteiger partial charge >= 0.3 is 0 Å². The monoisotopic (exact) mass is 310 g/mol. The number of hydrogen-bond donors (Lipinski definition) is 1. The summed E-state index contributed by atoms with van der Waals surface area (Å²) in [5.41, 5.74) is 0.583. The Morgan fingerprint density at radius 1 is 1.48 bits per heavy atom. The zero-order chi connectivity index (χ0) is 15.4. The number of rotatable bonds is 4. The van der Waals surface area contributed by atoms with Crippen molar-refractivity contribution in [2.75, 3.05) is 39.0 Å². The number of carbonyl (C=O) groups is 1. The highest BCUT2D eigenvalue weighted by Gasteiger charge is 2.25. The molecule has 0 bridgehead atoms. The van der Waals surface area contributed by atoms with Crippen LogP contribution in [0.25, 0.3) is 0 Å². The third kappa shape index (κ3) is 3.86. The Balaban J connectivity index is 2.07. The third-order valence-corrected chi connectivity index (χ3v) is 4.36. The Morgan fingerprint density at radius 3 is 2.71 bits per heavy atom. The smallest absolute Gasteiger partial charge is 0.254 e. The van der Waals surface area contributed by atoms with Crippen molar-refractivity contribution in [2.45, 2.75) is 25.8 Å². The lowest BCUT2D eigenvalue weighted by molar-refractivity contribution is 0.0647. The average molecular weight is 311 g/mol. The summed E-state index contributed by atoms with van der Waals surface area (Å²) in [4.78, 5) is 21.0. The van der Waals surface area contributed by atoms with E-state index in [0.29, 0.717) is 22.6 Å². The number of halogens is 1. The maximum atomic E-state index is 12.6. The number of piperidine rings is 1. The molecule has 0 radical (unpaired) electrons. The van der Waals surface area contributed by atoms with Crippen LogP contribution >= 0.6 is 11.6 Å². The van der Waals surface area contributed by atoms with Crippen molar-refractivity contribution in [1.82, 2.24) is 14.8 Å². The van der Waals surface area contributed by atoms with Crippen LogP contribution < -0.4 is 5.32 Å². The molecule has 1 saturated heterocycles. The van der Waals surface area contributed by atoms with Gasteiger partial charge in [-0.15, -0.1) is 0 Å². The lowest BCUT2D eigenvalue weighted by Gasteiger charge is -2.36. The van der Waals surface area contributed by atoms with E-state index in [9.17, 15) is 4.79 Å². The second-order valence-corrected chi connectivity index (χ2v) is 5.78. The van der Waals surface area contributed by atoms with Crippen molar-refractivity contribution in [1.29, 1.82) is 0 Å². The van der Waals surface area contributed by atoms with Crippen LogP contribution in [0, 0.1) is 0 Å². The number of amides is 1. The van der Waals surface area contributed by atoms with Gasteiger partial charge in [0.25, 0.3) is 5.91 Å². The zero-order valence-corrected chi connectivity index (χ0v) is 13.7. The first-order valence-electron chi connectivity index (χ1n) is 7.40. The van der Waals surface area contributed by atoms with Crippen LogP contribution in [-0.4, -0.2) is 60.5 Å². The number of likely N-dealkylation sites (tertiary alicyclic amines) is 1. The van der Waals surface area contributed by atoms with Crippen LogP contribution in [0.15, 0.2) is 12.1 Å². The van der Waals surface area contributed by atoms with Gasteiger partial charge in [0.1, 0.15) is 11.0 Å². The van der Waals surface area contributed by atoms with Crippen LogP contribution in [0.2, 0.25) is 5.15 Å². The second-order valence-electron chi connectivity index (χ2n) is 5.40. The molecule has 116 valence electrons. The molecule has 0 saturated carbocycles. The first-order chi connectivity index (χ1) is 10.0. The van der Waals surface area contributed by atoms with E-state index in [4.69, 9.17) is 11.6 Å². The molecular formula is C15H23ClN4O. The topological polar surface area (TPSA) is 48.5 Å². The van der Waals surface area contributed by atoms with Crippen molar-refractivity contribution in [3.05, 3.63) is 22.8 Å². The summed E-state index contributed by atoms with van der Waals surface area (Å²) in [6, 6.07) is 3.67. The molecule has 1 aliphatic heterocycles. The fraction of sp³-hybridized carbons (Fsp3) is 0.600. The van der Waals surface area contributed by atoms with Crippen molar-refractivity contribution in [3.8, 4) is 0 Å². The molecule has 6 heteroatoms. The molecule has 1 aromatic rings. The van der Waals surface area contributed by atoms with Gasteiger partial charge < -0.3 is 15.1 Å². The van der Waals surface area contributed by atoms with E-state index in [2.05, 4.69) is 22.1 Å². The highest BCUT2D eigenvalue weighted by molar-refractivity contribution is 6.29. The van der Waals surface area contributed by atoms with Gasteiger partial charge in [0.05, 0.1) is 0 Å². The van der Waals surface area contributed by atoms with Crippen molar-refractivity contribution in [3.63, 3.8) is 0 Å². The molecular weight excluding hydrogens is 288 g/mol. The number of hydrogen-bond acceptors (Lipinski definition) is 4. The van der Waals surface area contributed by atoms with Crippen LogP contribution in [0.3, 0.4) is 0 Å². The van der Waals surface area contributed by atoms with E-state index < -0.39 is 0 Å². The number of pyridine rings is 1. The molecule has 0 aromatic carbocycles. The Morgan fingerprint density at radius 2 is 2.14 bits per heavy atom. The molecule has 1 N–H and O–H groups in total. The fourth-order valence-corrected chi connectivity index (χ4v) is 2.95. The lowest BCUT2D eigenvalue weighted by Crippen LogP contribution is -2.45. The van der Waals surface area contributed by atoms with E-state index in [-0.39, 0.29) is 5.91 Å². The number of aromatic nitrogens is 1. The molecule has 0 aliphatic carbocycles. The van der Waals surface area contributed by atoms with Gasteiger partial charge in [-0.25, -0.2) is 4.98 Å². The van der Waals surface area contributed by atoms with Crippen molar-refractivity contribution in [2.24, 2.45) is 0 Å². The molecule has 2 heterocycles. The van der Waals surface area contributed by atoms with Crippen LogP contribution in [0.4, 0.5) is 5.82 Å². The normalized spacial score (nSPS) is 16.8. The molecule has 2 rings (SSSR count). The third-order valence-electron chi connectivity index (χ3n) is 4.17. The van der Waals surface area contributed by atoms with Gasteiger partial charge in [-0.1, -0.05) is 18.5 Å². The molecule has 1 aromatic heterocycles. The zero-order valence-electron chi connectivity index (χ0n) is 12.9. The molecule has 0 unspecified atom stereocenters. The highest BCUT2D eigenvalue weighted by atomic mass is 35.5. The Labute approximate surface area is 131 Å². The summed E-state index contributed by atoms with van der Waals surface area (Å²) in [6.07, 6.45) is 2.04. The largest absolute Gasteiger partial charge is 0.373 e. The summed E-state index contributed by atoms with van der Waals surface area (Å²) in [5, 5.41) is 3.25. The van der Waals surface area contributed by atoms with Crippen molar-refractivity contribution >= 4 is 23.3 Å². The van der Waals surface area contributed by atoms with Gasteiger partial charge in [-0.05, 0) is 31.5 Å². The molecule has 5 nitrogen and oxygen atoms in total. The number of nitrogens with zero attached hydrogens (tertiary/aromatic N) is 3. The number of nitrogens with one attached hydrogen (secondary N) is 1. The molecule has 0 spiro atoms.